The molecular weight excluding hydrogens is 265 g/mol. The Kier molecular flexibility index (Phi) is 3.74. The highest BCUT2D eigenvalue weighted by Gasteiger charge is 2.24. The van der Waals surface area contributed by atoms with Crippen molar-refractivity contribution in [1.29, 1.82) is 0 Å². The Bertz CT molecular complexity index is 663. The van der Waals surface area contributed by atoms with Crippen molar-refractivity contribution >= 4 is 5.91 Å². The van der Waals surface area contributed by atoms with Crippen LogP contribution in [0.3, 0.4) is 0 Å². The third kappa shape index (κ3) is 2.82. The largest absolute Gasteiger partial charge is 0.349 e. The molecule has 2 aromatic carbocycles. The predicted molar refractivity (Wildman–Crippen MR) is 80.9 cm³/mol. The summed E-state index contributed by atoms with van der Waals surface area (Å²) in [6.07, 6.45) is 2.77. The Morgan fingerprint density at radius 2 is 1.95 bits per heavy atom. The molecule has 1 N–H and O–H groups in total. The maximum absolute atomic E-state index is 12.9. The zero-order chi connectivity index (χ0) is 14.8. The SMILES string of the molecule is CCc1cccc2c1CC(NC(=O)c1ccc(F)cc1)C2. The summed E-state index contributed by atoms with van der Waals surface area (Å²) < 4.78 is 12.9. The molecule has 1 aliphatic rings. The minimum absolute atomic E-state index is 0.130. The van der Waals surface area contributed by atoms with Crippen molar-refractivity contribution in [2.24, 2.45) is 0 Å². The lowest BCUT2D eigenvalue weighted by molar-refractivity contribution is 0.0938. The number of benzene rings is 2. The maximum atomic E-state index is 12.9. The fraction of sp³-hybridized carbons (Fsp3) is 0.278. The van der Waals surface area contributed by atoms with Crippen LogP contribution in [0, 0.1) is 5.82 Å². The summed E-state index contributed by atoms with van der Waals surface area (Å²) in [5.41, 5.74) is 4.58. The lowest BCUT2D eigenvalue weighted by Crippen LogP contribution is -2.35. The van der Waals surface area contributed by atoms with Gasteiger partial charge in [-0.3, -0.25) is 4.79 Å². The van der Waals surface area contributed by atoms with Gasteiger partial charge in [0.05, 0.1) is 0 Å². The molecule has 3 heteroatoms. The molecule has 1 aliphatic carbocycles. The van der Waals surface area contributed by atoms with E-state index >= 15 is 0 Å². The van der Waals surface area contributed by atoms with E-state index in [0.29, 0.717) is 5.56 Å². The second-order valence-electron chi connectivity index (χ2n) is 5.49. The van der Waals surface area contributed by atoms with Crippen molar-refractivity contribution < 1.29 is 9.18 Å². The van der Waals surface area contributed by atoms with Crippen LogP contribution in [0.2, 0.25) is 0 Å². The van der Waals surface area contributed by atoms with Crippen LogP contribution in [-0.4, -0.2) is 11.9 Å². The molecular formula is C18H18FNO. The van der Waals surface area contributed by atoms with E-state index < -0.39 is 0 Å². The molecule has 0 spiro atoms. The molecule has 0 saturated heterocycles. The van der Waals surface area contributed by atoms with Crippen LogP contribution in [0.4, 0.5) is 4.39 Å². The van der Waals surface area contributed by atoms with Crippen LogP contribution in [0.5, 0.6) is 0 Å². The summed E-state index contributed by atoms with van der Waals surface area (Å²) in [4.78, 5) is 12.2. The smallest absolute Gasteiger partial charge is 0.251 e. The van der Waals surface area contributed by atoms with Crippen molar-refractivity contribution in [3.8, 4) is 0 Å². The Balaban J connectivity index is 1.71. The Morgan fingerprint density at radius 1 is 1.19 bits per heavy atom. The van der Waals surface area contributed by atoms with E-state index in [9.17, 15) is 9.18 Å². The molecule has 1 amide bonds. The fourth-order valence-corrected chi connectivity index (χ4v) is 3.03. The number of halogens is 1. The maximum Gasteiger partial charge on any atom is 0.251 e. The topological polar surface area (TPSA) is 29.1 Å². The van der Waals surface area contributed by atoms with Crippen molar-refractivity contribution in [2.45, 2.75) is 32.2 Å². The minimum Gasteiger partial charge on any atom is -0.349 e. The van der Waals surface area contributed by atoms with E-state index in [-0.39, 0.29) is 17.8 Å². The molecule has 0 aromatic heterocycles. The first-order chi connectivity index (χ1) is 10.2. The molecule has 2 aromatic rings. The van der Waals surface area contributed by atoms with Crippen molar-refractivity contribution in [1.82, 2.24) is 5.32 Å². The minimum atomic E-state index is -0.326. The van der Waals surface area contributed by atoms with Gasteiger partial charge in [-0.25, -0.2) is 4.39 Å². The van der Waals surface area contributed by atoms with Crippen LogP contribution in [-0.2, 0) is 19.3 Å². The van der Waals surface area contributed by atoms with E-state index in [0.717, 1.165) is 19.3 Å². The molecule has 0 aliphatic heterocycles. The van der Waals surface area contributed by atoms with Crippen molar-refractivity contribution in [3.05, 3.63) is 70.5 Å². The molecule has 2 nitrogen and oxygen atoms in total. The average Bonchev–Trinajstić information content (AvgIpc) is 2.90. The van der Waals surface area contributed by atoms with E-state index in [4.69, 9.17) is 0 Å². The standard InChI is InChI=1S/C18H18FNO/c1-2-12-4-3-5-14-10-16(11-17(12)14)20-18(21)13-6-8-15(19)9-7-13/h3-9,16H,2,10-11H2,1H3,(H,20,21). The third-order valence-electron chi connectivity index (χ3n) is 4.11. The monoisotopic (exact) mass is 283 g/mol. The number of nitrogens with one attached hydrogen (secondary N) is 1. The second kappa shape index (κ2) is 5.68. The molecule has 0 heterocycles. The number of amides is 1. The number of carbonyl (C=O) groups is 1. The van der Waals surface area contributed by atoms with E-state index in [1.54, 1.807) is 0 Å². The van der Waals surface area contributed by atoms with Crippen LogP contribution in [0.15, 0.2) is 42.5 Å². The molecule has 108 valence electrons. The number of carbonyl (C=O) groups excluding carboxylic acids is 1. The zero-order valence-corrected chi connectivity index (χ0v) is 12.0. The van der Waals surface area contributed by atoms with Gasteiger partial charge in [-0.05, 0) is 60.2 Å². The predicted octanol–water partition coefficient (Wildman–Crippen LogP) is 3.29. The molecule has 0 fully saturated rings. The Hall–Kier alpha value is -2.16. The highest BCUT2D eigenvalue weighted by atomic mass is 19.1. The van der Waals surface area contributed by atoms with Crippen molar-refractivity contribution in [2.75, 3.05) is 0 Å². The summed E-state index contributed by atoms with van der Waals surface area (Å²) in [6, 6.07) is 12.2. The molecule has 1 unspecified atom stereocenters. The van der Waals surface area contributed by atoms with Gasteiger partial charge >= 0.3 is 0 Å². The quantitative estimate of drug-likeness (QED) is 0.920. The van der Waals surface area contributed by atoms with Gasteiger partial charge in [0.25, 0.3) is 5.91 Å². The van der Waals surface area contributed by atoms with E-state index in [1.165, 1.54) is 41.0 Å². The Labute approximate surface area is 124 Å². The van der Waals surface area contributed by atoms with Gasteiger partial charge < -0.3 is 5.32 Å². The van der Waals surface area contributed by atoms with Crippen LogP contribution >= 0.6 is 0 Å². The van der Waals surface area contributed by atoms with Crippen LogP contribution < -0.4 is 5.32 Å². The lowest BCUT2D eigenvalue weighted by Gasteiger charge is -2.12. The highest BCUT2D eigenvalue weighted by molar-refractivity contribution is 5.94. The normalized spacial score (nSPS) is 16.6. The summed E-state index contributed by atoms with van der Waals surface area (Å²) in [5, 5.41) is 3.05. The summed E-state index contributed by atoms with van der Waals surface area (Å²) in [7, 11) is 0. The molecule has 0 bridgehead atoms. The van der Waals surface area contributed by atoms with E-state index in [2.05, 4.69) is 30.4 Å². The van der Waals surface area contributed by atoms with Gasteiger partial charge in [0.15, 0.2) is 0 Å². The first kappa shape index (κ1) is 13.8. The Morgan fingerprint density at radius 3 is 2.67 bits per heavy atom. The van der Waals surface area contributed by atoms with Gasteiger partial charge in [-0.2, -0.15) is 0 Å². The molecule has 0 saturated carbocycles. The summed E-state index contributed by atoms with van der Waals surface area (Å²) in [6.45, 7) is 2.15. The first-order valence-corrected chi connectivity index (χ1v) is 7.33. The van der Waals surface area contributed by atoms with Gasteiger partial charge in [0.2, 0.25) is 0 Å². The van der Waals surface area contributed by atoms with Crippen molar-refractivity contribution in [3.63, 3.8) is 0 Å². The van der Waals surface area contributed by atoms with Gasteiger partial charge in [0.1, 0.15) is 5.82 Å². The number of fused-ring (bicyclic) bond motifs is 1. The summed E-state index contributed by atoms with van der Waals surface area (Å²) >= 11 is 0. The number of aryl methyl sites for hydroxylation is 1. The second-order valence-corrected chi connectivity index (χ2v) is 5.49. The lowest BCUT2D eigenvalue weighted by atomic mass is 10.0. The highest BCUT2D eigenvalue weighted by Crippen LogP contribution is 2.26. The molecule has 0 radical (unpaired) electrons. The molecule has 21 heavy (non-hydrogen) atoms. The number of hydrogen-bond donors (Lipinski definition) is 1. The molecule has 3 rings (SSSR count). The van der Waals surface area contributed by atoms with Gasteiger partial charge in [0, 0.05) is 11.6 Å². The van der Waals surface area contributed by atoms with Crippen LogP contribution in [0.25, 0.3) is 0 Å². The summed E-state index contributed by atoms with van der Waals surface area (Å²) in [5.74, 6) is -0.460. The third-order valence-corrected chi connectivity index (χ3v) is 4.11. The average molecular weight is 283 g/mol. The number of rotatable bonds is 3. The van der Waals surface area contributed by atoms with Crippen LogP contribution in [0.1, 0.15) is 34.0 Å². The fourth-order valence-electron chi connectivity index (χ4n) is 3.03. The van der Waals surface area contributed by atoms with E-state index in [1.807, 2.05) is 0 Å². The van der Waals surface area contributed by atoms with Gasteiger partial charge in [-0.1, -0.05) is 25.1 Å². The molecule has 1 atom stereocenters. The zero-order valence-electron chi connectivity index (χ0n) is 12.0. The first-order valence-electron chi connectivity index (χ1n) is 7.33. The van der Waals surface area contributed by atoms with Gasteiger partial charge in [-0.15, -0.1) is 0 Å². The number of hydrogen-bond acceptors (Lipinski definition) is 1.